The third-order valence-corrected chi connectivity index (χ3v) is 2.90. The van der Waals surface area contributed by atoms with Crippen molar-refractivity contribution >= 4 is 0 Å². The van der Waals surface area contributed by atoms with Crippen LogP contribution in [0.3, 0.4) is 0 Å². The van der Waals surface area contributed by atoms with Gasteiger partial charge in [-0.05, 0) is 23.1 Å². The number of aliphatic hydroxyl groups is 1. The molecular formula is C15H24FNO2. The van der Waals surface area contributed by atoms with Crippen molar-refractivity contribution in [1.82, 2.24) is 5.32 Å². The number of nitrogens with one attached hydrogen (secondary N) is 1. The highest BCUT2D eigenvalue weighted by molar-refractivity contribution is 5.21. The summed E-state index contributed by atoms with van der Waals surface area (Å²) < 4.78 is 18.2. The highest BCUT2D eigenvalue weighted by Gasteiger charge is 2.25. The number of halogens is 1. The minimum absolute atomic E-state index is 0.0226. The van der Waals surface area contributed by atoms with Gasteiger partial charge in [0.15, 0.2) is 0 Å². The van der Waals surface area contributed by atoms with Crippen LogP contribution in [0, 0.1) is 11.2 Å². The summed E-state index contributed by atoms with van der Waals surface area (Å²) in [6.07, 6.45) is 0. The molecule has 3 nitrogen and oxygen atoms in total. The Balaban J connectivity index is 2.60. The van der Waals surface area contributed by atoms with Crippen molar-refractivity contribution in [1.29, 1.82) is 0 Å². The molecule has 0 heterocycles. The van der Waals surface area contributed by atoms with E-state index in [0.29, 0.717) is 19.8 Å². The van der Waals surface area contributed by atoms with Gasteiger partial charge in [0.05, 0.1) is 19.8 Å². The fourth-order valence-electron chi connectivity index (χ4n) is 2.02. The van der Waals surface area contributed by atoms with E-state index in [1.807, 2.05) is 12.1 Å². The van der Waals surface area contributed by atoms with E-state index >= 15 is 0 Å². The van der Waals surface area contributed by atoms with Crippen LogP contribution < -0.4 is 5.32 Å². The summed E-state index contributed by atoms with van der Waals surface area (Å²) in [5, 5.41) is 12.1. The van der Waals surface area contributed by atoms with Gasteiger partial charge in [0, 0.05) is 12.6 Å². The first-order valence-corrected chi connectivity index (χ1v) is 6.62. The van der Waals surface area contributed by atoms with E-state index < -0.39 is 0 Å². The van der Waals surface area contributed by atoms with Crippen molar-refractivity contribution in [2.75, 3.05) is 26.4 Å². The zero-order valence-corrected chi connectivity index (χ0v) is 11.9. The van der Waals surface area contributed by atoms with Crippen LogP contribution in [0.2, 0.25) is 0 Å². The van der Waals surface area contributed by atoms with E-state index in [4.69, 9.17) is 9.84 Å². The summed E-state index contributed by atoms with van der Waals surface area (Å²) in [6, 6.07) is 6.72. The van der Waals surface area contributed by atoms with E-state index in [9.17, 15) is 4.39 Å². The molecule has 0 saturated heterocycles. The van der Waals surface area contributed by atoms with Crippen LogP contribution in [0.25, 0.3) is 0 Å². The lowest BCUT2D eigenvalue weighted by Crippen LogP contribution is -2.34. The van der Waals surface area contributed by atoms with E-state index in [-0.39, 0.29) is 23.9 Å². The van der Waals surface area contributed by atoms with Gasteiger partial charge in [-0.2, -0.15) is 0 Å². The molecule has 1 atom stereocenters. The maximum atomic E-state index is 13.0. The molecule has 0 spiro atoms. The van der Waals surface area contributed by atoms with Crippen molar-refractivity contribution in [3.8, 4) is 0 Å². The fourth-order valence-corrected chi connectivity index (χ4v) is 2.02. The van der Waals surface area contributed by atoms with Gasteiger partial charge in [-0.1, -0.05) is 32.9 Å². The summed E-state index contributed by atoms with van der Waals surface area (Å²) >= 11 is 0. The number of ether oxygens (including phenoxy) is 1. The molecule has 19 heavy (non-hydrogen) atoms. The number of aliphatic hydroxyl groups excluding tert-OH is 1. The zero-order chi connectivity index (χ0) is 14.3. The molecule has 1 unspecified atom stereocenters. The molecule has 0 radical (unpaired) electrons. The lowest BCUT2D eigenvalue weighted by atomic mass is 9.82. The topological polar surface area (TPSA) is 41.5 Å². The Bertz CT molecular complexity index is 359. The largest absolute Gasteiger partial charge is 0.394 e. The normalized spacial score (nSPS) is 13.5. The molecule has 2 N–H and O–H groups in total. The summed E-state index contributed by atoms with van der Waals surface area (Å²) in [4.78, 5) is 0. The Hall–Kier alpha value is -0.970. The first-order valence-electron chi connectivity index (χ1n) is 6.62. The molecule has 0 aromatic heterocycles. The Morgan fingerprint density at radius 3 is 2.37 bits per heavy atom. The summed E-state index contributed by atoms with van der Waals surface area (Å²) in [7, 11) is 0. The van der Waals surface area contributed by atoms with Crippen molar-refractivity contribution in [3.63, 3.8) is 0 Å². The third kappa shape index (κ3) is 5.68. The van der Waals surface area contributed by atoms with E-state index in [1.54, 1.807) is 0 Å². The van der Waals surface area contributed by atoms with Crippen molar-refractivity contribution in [2.45, 2.75) is 26.8 Å². The summed E-state index contributed by atoms with van der Waals surface area (Å²) in [6.45, 7) is 8.07. The number of hydrogen-bond donors (Lipinski definition) is 2. The molecule has 1 rings (SSSR count). The lowest BCUT2D eigenvalue weighted by molar-refractivity contribution is 0.0896. The molecule has 0 bridgehead atoms. The predicted octanol–water partition coefficient (Wildman–Crippen LogP) is 2.51. The van der Waals surface area contributed by atoms with Gasteiger partial charge in [-0.25, -0.2) is 4.39 Å². The van der Waals surface area contributed by atoms with Gasteiger partial charge in [0.1, 0.15) is 5.82 Å². The van der Waals surface area contributed by atoms with Crippen molar-refractivity contribution in [2.24, 2.45) is 5.41 Å². The Morgan fingerprint density at radius 1 is 1.21 bits per heavy atom. The van der Waals surface area contributed by atoms with Crippen LogP contribution in [0.5, 0.6) is 0 Å². The second-order valence-corrected chi connectivity index (χ2v) is 5.64. The average molecular weight is 269 g/mol. The first-order chi connectivity index (χ1) is 8.95. The van der Waals surface area contributed by atoms with Gasteiger partial charge in [0.2, 0.25) is 0 Å². The Labute approximate surface area is 114 Å². The molecule has 108 valence electrons. The number of hydrogen-bond acceptors (Lipinski definition) is 3. The SMILES string of the molecule is CC(C)(C)C(NCCOCCO)c1ccc(F)cc1. The van der Waals surface area contributed by atoms with Gasteiger partial charge in [-0.3, -0.25) is 0 Å². The van der Waals surface area contributed by atoms with Gasteiger partial charge < -0.3 is 15.2 Å². The van der Waals surface area contributed by atoms with Crippen molar-refractivity contribution in [3.05, 3.63) is 35.6 Å². The van der Waals surface area contributed by atoms with Crippen LogP contribution >= 0.6 is 0 Å². The number of benzene rings is 1. The third-order valence-electron chi connectivity index (χ3n) is 2.90. The van der Waals surface area contributed by atoms with Crippen molar-refractivity contribution < 1.29 is 14.2 Å². The van der Waals surface area contributed by atoms with Crippen LogP contribution in [0.1, 0.15) is 32.4 Å². The summed E-state index contributed by atoms with van der Waals surface area (Å²) in [5.74, 6) is -0.220. The molecule has 1 aromatic carbocycles. The van der Waals surface area contributed by atoms with E-state index in [2.05, 4.69) is 26.1 Å². The molecule has 0 saturated carbocycles. The van der Waals surface area contributed by atoms with E-state index in [1.165, 1.54) is 12.1 Å². The minimum atomic E-state index is -0.220. The fraction of sp³-hybridized carbons (Fsp3) is 0.600. The highest BCUT2D eigenvalue weighted by Crippen LogP contribution is 2.32. The second kappa shape index (κ2) is 7.58. The minimum Gasteiger partial charge on any atom is -0.394 e. The van der Waals surface area contributed by atoms with Crippen LogP contribution in [0.4, 0.5) is 4.39 Å². The Kier molecular flexibility index (Phi) is 6.42. The smallest absolute Gasteiger partial charge is 0.123 e. The molecule has 1 aromatic rings. The van der Waals surface area contributed by atoms with Crippen LogP contribution in [-0.2, 0) is 4.74 Å². The molecule has 0 amide bonds. The quantitative estimate of drug-likeness (QED) is 0.747. The van der Waals surface area contributed by atoms with Gasteiger partial charge >= 0.3 is 0 Å². The molecule has 0 fully saturated rings. The van der Waals surface area contributed by atoms with Crippen LogP contribution in [-0.4, -0.2) is 31.5 Å². The standard InChI is InChI=1S/C15H24FNO2/c1-15(2,3)14(17-8-10-19-11-9-18)12-4-6-13(16)7-5-12/h4-7,14,17-18H,8-11H2,1-3H3. The molecular weight excluding hydrogens is 245 g/mol. The number of rotatable bonds is 7. The Morgan fingerprint density at radius 2 is 1.84 bits per heavy atom. The molecule has 0 aliphatic heterocycles. The first kappa shape index (κ1) is 16.1. The molecule has 0 aliphatic carbocycles. The van der Waals surface area contributed by atoms with Gasteiger partial charge in [0.25, 0.3) is 0 Å². The monoisotopic (exact) mass is 269 g/mol. The van der Waals surface area contributed by atoms with E-state index in [0.717, 1.165) is 5.56 Å². The molecule has 4 heteroatoms. The average Bonchev–Trinajstić information content (AvgIpc) is 2.34. The van der Waals surface area contributed by atoms with Crippen LogP contribution in [0.15, 0.2) is 24.3 Å². The van der Waals surface area contributed by atoms with Gasteiger partial charge in [-0.15, -0.1) is 0 Å². The second-order valence-electron chi connectivity index (χ2n) is 5.64. The summed E-state index contributed by atoms with van der Waals surface area (Å²) in [5.41, 5.74) is 1.09. The predicted molar refractivity (Wildman–Crippen MR) is 74.5 cm³/mol. The molecule has 0 aliphatic rings. The lowest BCUT2D eigenvalue weighted by Gasteiger charge is -2.32. The zero-order valence-electron chi connectivity index (χ0n) is 11.9. The maximum absolute atomic E-state index is 13.0. The highest BCUT2D eigenvalue weighted by atomic mass is 19.1. The maximum Gasteiger partial charge on any atom is 0.123 e.